The van der Waals surface area contributed by atoms with E-state index in [0.29, 0.717) is 51.4 Å². The molecule has 8 nitrogen and oxygen atoms in total. The largest absolute Gasteiger partial charge is 0.381 e. The highest BCUT2D eigenvalue weighted by atomic mass is 16.5. The van der Waals surface area contributed by atoms with Crippen molar-refractivity contribution >= 4 is 11.8 Å². The summed E-state index contributed by atoms with van der Waals surface area (Å²) in [5, 5.41) is 6.81. The monoisotopic (exact) mass is 365 g/mol. The van der Waals surface area contributed by atoms with Crippen LogP contribution in [0.15, 0.2) is 10.6 Å². The van der Waals surface area contributed by atoms with Crippen LogP contribution in [-0.4, -0.2) is 67.4 Å². The molecule has 1 aromatic rings. The van der Waals surface area contributed by atoms with Gasteiger partial charge in [-0.25, -0.2) is 0 Å². The molecule has 2 fully saturated rings. The number of hydrogen-bond acceptors (Lipinski definition) is 6. The molecule has 0 saturated carbocycles. The third kappa shape index (κ3) is 4.42. The summed E-state index contributed by atoms with van der Waals surface area (Å²) in [6.45, 7) is 4.63. The summed E-state index contributed by atoms with van der Waals surface area (Å²) in [5.41, 5.74) is 0.350. The van der Waals surface area contributed by atoms with Gasteiger partial charge in [0, 0.05) is 39.4 Å². The zero-order valence-corrected chi connectivity index (χ0v) is 15.5. The molecule has 0 aliphatic carbocycles. The lowest BCUT2D eigenvalue weighted by Gasteiger charge is -2.41. The number of piperidine rings is 1. The average molecular weight is 365 g/mol. The third-order valence-electron chi connectivity index (χ3n) is 5.35. The molecule has 3 rings (SSSR count). The van der Waals surface area contributed by atoms with Crippen molar-refractivity contribution in [2.75, 3.05) is 40.0 Å². The van der Waals surface area contributed by atoms with Crippen molar-refractivity contribution in [1.82, 2.24) is 15.4 Å². The lowest BCUT2D eigenvalue weighted by Crippen LogP contribution is -2.54. The summed E-state index contributed by atoms with van der Waals surface area (Å²) in [7, 11) is 1.67. The summed E-state index contributed by atoms with van der Waals surface area (Å²) in [6, 6.07) is 1.78. The Balaban J connectivity index is 1.48. The molecule has 0 bridgehead atoms. The molecule has 8 heteroatoms. The molecule has 0 aromatic carbocycles. The number of nitrogens with one attached hydrogen (secondary N) is 1. The third-order valence-corrected chi connectivity index (χ3v) is 5.35. The summed E-state index contributed by atoms with van der Waals surface area (Å²) in [5.74, 6) is 0.578. The number of nitrogens with zero attached hydrogens (tertiary/aromatic N) is 2. The van der Waals surface area contributed by atoms with E-state index in [4.69, 9.17) is 14.0 Å². The van der Waals surface area contributed by atoms with Crippen LogP contribution in [0.3, 0.4) is 0 Å². The molecule has 0 spiro atoms. The van der Waals surface area contributed by atoms with Crippen molar-refractivity contribution in [2.45, 2.75) is 38.2 Å². The van der Waals surface area contributed by atoms with Gasteiger partial charge in [0.1, 0.15) is 5.76 Å². The smallest absolute Gasteiger partial charge is 0.230 e. The van der Waals surface area contributed by atoms with E-state index in [-0.39, 0.29) is 24.2 Å². The van der Waals surface area contributed by atoms with Crippen LogP contribution < -0.4 is 5.32 Å². The van der Waals surface area contributed by atoms with Crippen molar-refractivity contribution in [3.63, 3.8) is 0 Å². The molecule has 1 atom stereocenters. The maximum atomic E-state index is 12.4. The molecule has 2 aliphatic heterocycles. The number of hydrogen-bond donors (Lipinski definition) is 1. The Morgan fingerprint density at radius 2 is 2.19 bits per heavy atom. The standard InChI is InChI=1S/C18H27N3O5/c1-13-9-15(26-20-13)10-16(22)21-6-4-18(24-2,5-7-21)12-19-17(23)14-3-8-25-11-14/h9,14H,3-8,10-12H2,1-2H3,(H,19,23). The van der Waals surface area contributed by atoms with Crippen molar-refractivity contribution in [3.8, 4) is 0 Å². The fourth-order valence-corrected chi connectivity index (χ4v) is 3.51. The van der Waals surface area contributed by atoms with Gasteiger partial charge < -0.3 is 24.2 Å². The van der Waals surface area contributed by atoms with Crippen molar-refractivity contribution in [2.24, 2.45) is 5.92 Å². The molecule has 3 heterocycles. The first-order valence-electron chi connectivity index (χ1n) is 9.12. The first-order valence-corrected chi connectivity index (χ1v) is 9.12. The number of ether oxygens (including phenoxy) is 2. The van der Waals surface area contributed by atoms with E-state index < -0.39 is 5.60 Å². The van der Waals surface area contributed by atoms with E-state index in [2.05, 4.69) is 10.5 Å². The molecule has 144 valence electrons. The normalized spacial score (nSPS) is 22.4. The average Bonchev–Trinajstić information content (AvgIpc) is 3.32. The van der Waals surface area contributed by atoms with Gasteiger partial charge in [-0.15, -0.1) is 0 Å². The molecule has 1 aromatic heterocycles. The van der Waals surface area contributed by atoms with Crippen LogP contribution >= 0.6 is 0 Å². The van der Waals surface area contributed by atoms with Crippen LogP contribution in [0.2, 0.25) is 0 Å². The Bertz CT molecular complexity index is 631. The zero-order chi connectivity index (χ0) is 18.6. The lowest BCUT2D eigenvalue weighted by atomic mass is 9.90. The van der Waals surface area contributed by atoms with Crippen LogP contribution in [-0.2, 0) is 25.5 Å². The summed E-state index contributed by atoms with van der Waals surface area (Å²) < 4.78 is 16.1. The minimum atomic E-state index is -0.422. The highest BCUT2D eigenvalue weighted by molar-refractivity contribution is 5.79. The zero-order valence-electron chi connectivity index (χ0n) is 15.5. The van der Waals surface area contributed by atoms with E-state index in [9.17, 15) is 9.59 Å². The Morgan fingerprint density at radius 1 is 1.42 bits per heavy atom. The summed E-state index contributed by atoms with van der Waals surface area (Å²) in [4.78, 5) is 26.4. The number of rotatable bonds is 6. The van der Waals surface area contributed by atoms with Gasteiger partial charge in [-0.3, -0.25) is 9.59 Å². The van der Waals surface area contributed by atoms with Crippen molar-refractivity contribution < 1.29 is 23.6 Å². The number of methoxy groups -OCH3 is 1. The van der Waals surface area contributed by atoms with Crippen LogP contribution in [0, 0.1) is 12.8 Å². The first kappa shape index (κ1) is 18.8. The number of carbonyl (C=O) groups excluding carboxylic acids is 2. The molecule has 26 heavy (non-hydrogen) atoms. The quantitative estimate of drug-likeness (QED) is 0.797. The van der Waals surface area contributed by atoms with Gasteiger partial charge in [0.15, 0.2) is 0 Å². The number of amides is 2. The minimum Gasteiger partial charge on any atom is -0.381 e. The number of likely N-dealkylation sites (tertiary alicyclic amines) is 1. The Labute approximate surface area is 153 Å². The maximum Gasteiger partial charge on any atom is 0.230 e. The van der Waals surface area contributed by atoms with Gasteiger partial charge in [0.05, 0.1) is 30.2 Å². The van der Waals surface area contributed by atoms with E-state index >= 15 is 0 Å². The van der Waals surface area contributed by atoms with Crippen LogP contribution in [0.25, 0.3) is 0 Å². The van der Waals surface area contributed by atoms with Gasteiger partial charge in [0.25, 0.3) is 0 Å². The SMILES string of the molecule is COC1(CNC(=O)C2CCOC2)CCN(C(=O)Cc2cc(C)no2)CC1. The Hall–Kier alpha value is -1.93. The first-order chi connectivity index (χ1) is 12.5. The van der Waals surface area contributed by atoms with E-state index in [1.807, 2.05) is 11.8 Å². The number of aromatic nitrogens is 1. The van der Waals surface area contributed by atoms with E-state index in [1.165, 1.54) is 0 Å². The van der Waals surface area contributed by atoms with Gasteiger partial charge in [-0.1, -0.05) is 5.16 Å². The van der Waals surface area contributed by atoms with Gasteiger partial charge in [-0.2, -0.15) is 0 Å². The second-order valence-electron chi connectivity index (χ2n) is 7.16. The fraction of sp³-hybridized carbons (Fsp3) is 0.722. The van der Waals surface area contributed by atoms with E-state index in [1.54, 1.807) is 13.2 Å². The van der Waals surface area contributed by atoms with Crippen LogP contribution in [0.5, 0.6) is 0 Å². The van der Waals surface area contributed by atoms with Crippen LogP contribution in [0.4, 0.5) is 0 Å². The minimum absolute atomic E-state index is 0.0259. The van der Waals surface area contributed by atoms with E-state index in [0.717, 1.165) is 12.1 Å². The van der Waals surface area contributed by atoms with Gasteiger partial charge >= 0.3 is 0 Å². The van der Waals surface area contributed by atoms with Crippen molar-refractivity contribution in [3.05, 3.63) is 17.5 Å². The number of carbonyl (C=O) groups is 2. The topological polar surface area (TPSA) is 93.9 Å². The molecule has 2 saturated heterocycles. The highest BCUT2D eigenvalue weighted by Crippen LogP contribution is 2.26. The predicted octanol–water partition coefficient (Wildman–Crippen LogP) is 0.686. The molecule has 1 unspecified atom stereocenters. The second-order valence-corrected chi connectivity index (χ2v) is 7.16. The molecule has 2 aliphatic rings. The highest BCUT2D eigenvalue weighted by Gasteiger charge is 2.37. The van der Waals surface area contributed by atoms with Gasteiger partial charge in [-0.05, 0) is 26.2 Å². The molecule has 0 radical (unpaired) electrons. The summed E-state index contributed by atoms with van der Waals surface area (Å²) >= 11 is 0. The Kier molecular flexibility index (Phi) is 5.93. The lowest BCUT2D eigenvalue weighted by molar-refractivity contribution is -0.138. The predicted molar refractivity (Wildman–Crippen MR) is 92.4 cm³/mol. The second kappa shape index (κ2) is 8.18. The molecule has 2 amide bonds. The molecular formula is C18H27N3O5. The van der Waals surface area contributed by atoms with Crippen molar-refractivity contribution in [1.29, 1.82) is 0 Å². The maximum absolute atomic E-state index is 12.4. The molecular weight excluding hydrogens is 338 g/mol. The molecule has 1 N–H and O–H groups in total. The fourth-order valence-electron chi connectivity index (χ4n) is 3.51. The Morgan fingerprint density at radius 3 is 2.77 bits per heavy atom. The summed E-state index contributed by atoms with van der Waals surface area (Å²) in [6.07, 6.45) is 2.37. The van der Waals surface area contributed by atoms with Gasteiger partial charge in [0.2, 0.25) is 11.8 Å². The van der Waals surface area contributed by atoms with Crippen LogP contribution in [0.1, 0.15) is 30.7 Å². The number of aryl methyl sites for hydroxylation is 1.